The maximum absolute atomic E-state index is 11.9. The van der Waals surface area contributed by atoms with E-state index in [1.165, 1.54) is 0 Å². The fraction of sp³-hybridized carbons (Fsp3) is 1.00. The van der Waals surface area contributed by atoms with Gasteiger partial charge in [-0.05, 0) is 20.0 Å². The van der Waals surface area contributed by atoms with Crippen LogP contribution in [0.5, 0.6) is 0 Å². The SMILES string of the molecule is CN[C@@H]1CCN(CC(F)F)C1.Cl.Cl. The Balaban J connectivity index is 0. The second-order valence-corrected chi connectivity index (χ2v) is 2.92. The van der Waals surface area contributed by atoms with Crippen molar-refractivity contribution in [3.8, 4) is 0 Å². The molecular formula is C7H16Cl2F2N2. The predicted octanol–water partition coefficient (Wildman–Crippen LogP) is 1.39. The number of likely N-dealkylation sites (tertiary alicyclic amines) is 1. The molecule has 0 aliphatic carbocycles. The highest BCUT2D eigenvalue weighted by Crippen LogP contribution is 2.09. The molecule has 0 unspecified atom stereocenters. The highest BCUT2D eigenvalue weighted by atomic mass is 35.5. The molecule has 0 spiro atoms. The van der Waals surface area contributed by atoms with Gasteiger partial charge in [0.05, 0.1) is 6.54 Å². The quantitative estimate of drug-likeness (QED) is 0.797. The Bertz CT molecular complexity index is 127. The van der Waals surface area contributed by atoms with Crippen molar-refractivity contribution in [2.75, 3.05) is 26.7 Å². The number of alkyl halides is 2. The Morgan fingerprint density at radius 2 is 2.08 bits per heavy atom. The molecule has 0 aromatic heterocycles. The van der Waals surface area contributed by atoms with Crippen LogP contribution in [0, 0.1) is 0 Å². The monoisotopic (exact) mass is 236 g/mol. The molecular weight excluding hydrogens is 221 g/mol. The third-order valence-electron chi connectivity index (χ3n) is 2.08. The summed E-state index contributed by atoms with van der Waals surface area (Å²) in [6.45, 7) is 1.49. The van der Waals surface area contributed by atoms with Gasteiger partial charge >= 0.3 is 0 Å². The zero-order valence-electron chi connectivity index (χ0n) is 7.50. The molecule has 1 saturated heterocycles. The maximum atomic E-state index is 11.9. The van der Waals surface area contributed by atoms with Gasteiger partial charge in [-0.25, -0.2) is 8.78 Å². The molecule has 0 bridgehead atoms. The van der Waals surface area contributed by atoms with Gasteiger partial charge in [0.25, 0.3) is 6.43 Å². The first-order valence-corrected chi connectivity index (χ1v) is 3.90. The molecule has 6 heteroatoms. The number of halogens is 4. The second kappa shape index (κ2) is 7.74. The number of hydrogen-bond donors (Lipinski definition) is 1. The van der Waals surface area contributed by atoms with Crippen LogP contribution in [0.3, 0.4) is 0 Å². The third kappa shape index (κ3) is 5.62. The molecule has 1 atom stereocenters. The van der Waals surface area contributed by atoms with Crippen LogP contribution in [0.2, 0.25) is 0 Å². The minimum atomic E-state index is -2.19. The van der Waals surface area contributed by atoms with Crippen LogP contribution in [0.25, 0.3) is 0 Å². The highest BCUT2D eigenvalue weighted by Gasteiger charge is 2.22. The smallest absolute Gasteiger partial charge is 0.251 e. The highest BCUT2D eigenvalue weighted by molar-refractivity contribution is 5.85. The molecule has 1 rings (SSSR count). The summed E-state index contributed by atoms with van der Waals surface area (Å²) < 4.78 is 23.7. The molecule has 0 aromatic rings. The Labute approximate surface area is 89.9 Å². The van der Waals surface area contributed by atoms with Crippen molar-refractivity contribution < 1.29 is 8.78 Å². The average Bonchev–Trinajstić information content (AvgIpc) is 2.34. The van der Waals surface area contributed by atoms with Gasteiger partial charge in [0.15, 0.2) is 0 Å². The Kier molecular flexibility index (Phi) is 9.41. The Morgan fingerprint density at radius 3 is 2.46 bits per heavy atom. The van der Waals surface area contributed by atoms with Crippen molar-refractivity contribution in [2.45, 2.75) is 18.9 Å². The summed E-state index contributed by atoms with van der Waals surface area (Å²) in [6.07, 6.45) is -1.20. The molecule has 2 nitrogen and oxygen atoms in total. The molecule has 1 aliphatic heterocycles. The minimum Gasteiger partial charge on any atom is -0.316 e. The zero-order valence-corrected chi connectivity index (χ0v) is 9.14. The van der Waals surface area contributed by atoms with Gasteiger partial charge < -0.3 is 5.32 Å². The van der Waals surface area contributed by atoms with E-state index in [0.29, 0.717) is 6.04 Å². The van der Waals surface area contributed by atoms with Crippen molar-refractivity contribution in [1.82, 2.24) is 10.2 Å². The van der Waals surface area contributed by atoms with E-state index in [1.54, 1.807) is 4.90 Å². The largest absolute Gasteiger partial charge is 0.316 e. The van der Waals surface area contributed by atoms with Gasteiger partial charge in [0, 0.05) is 12.6 Å². The van der Waals surface area contributed by atoms with E-state index in [4.69, 9.17) is 0 Å². The molecule has 1 fully saturated rings. The number of hydrogen-bond acceptors (Lipinski definition) is 2. The lowest BCUT2D eigenvalue weighted by Crippen LogP contribution is -2.32. The normalized spacial score (nSPS) is 22.6. The molecule has 0 radical (unpaired) electrons. The van der Waals surface area contributed by atoms with Crippen molar-refractivity contribution in [3.05, 3.63) is 0 Å². The fourth-order valence-corrected chi connectivity index (χ4v) is 1.43. The maximum Gasteiger partial charge on any atom is 0.251 e. The van der Waals surface area contributed by atoms with Crippen LogP contribution in [0.15, 0.2) is 0 Å². The average molecular weight is 237 g/mol. The first-order valence-electron chi connectivity index (χ1n) is 3.90. The second-order valence-electron chi connectivity index (χ2n) is 2.92. The van der Waals surface area contributed by atoms with Gasteiger partial charge in [-0.3, -0.25) is 4.90 Å². The van der Waals surface area contributed by atoms with Crippen LogP contribution in [-0.4, -0.2) is 44.0 Å². The molecule has 0 aromatic carbocycles. The number of likely N-dealkylation sites (N-methyl/N-ethyl adjacent to an activating group) is 1. The topological polar surface area (TPSA) is 15.3 Å². The number of rotatable bonds is 3. The Hall–Kier alpha value is 0.360. The van der Waals surface area contributed by atoms with E-state index in [1.807, 2.05) is 7.05 Å². The van der Waals surface area contributed by atoms with Crippen LogP contribution in [0.4, 0.5) is 8.78 Å². The fourth-order valence-electron chi connectivity index (χ4n) is 1.43. The lowest BCUT2D eigenvalue weighted by atomic mass is 10.3. The molecule has 0 saturated carbocycles. The van der Waals surface area contributed by atoms with E-state index in [9.17, 15) is 8.78 Å². The van der Waals surface area contributed by atoms with Crippen molar-refractivity contribution in [1.29, 1.82) is 0 Å². The molecule has 13 heavy (non-hydrogen) atoms. The van der Waals surface area contributed by atoms with Gasteiger partial charge in [0.1, 0.15) is 0 Å². The van der Waals surface area contributed by atoms with Crippen LogP contribution in [-0.2, 0) is 0 Å². The lowest BCUT2D eigenvalue weighted by molar-refractivity contribution is 0.0987. The van der Waals surface area contributed by atoms with Crippen molar-refractivity contribution in [3.63, 3.8) is 0 Å². The summed E-state index contributed by atoms with van der Waals surface area (Å²) in [5.74, 6) is 0. The van der Waals surface area contributed by atoms with E-state index < -0.39 is 6.43 Å². The first-order chi connectivity index (χ1) is 5.22. The summed E-state index contributed by atoms with van der Waals surface area (Å²) in [4.78, 5) is 1.80. The van der Waals surface area contributed by atoms with Gasteiger partial charge in [-0.1, -0.05) is 0 Å². The summed E-state index contributed by atoms with van der Waals surface area (Å²) in [6, 6.07) is 0.411. The van der Waals surface area contributed by atoms with Crippen LogP contribution >= 0.6 is 24.8 Å². The van der Waals surface area contributed by atoms with E-state index in [0.717, 1.165) is 19.5 Å². The predicted molar refractivity (Wildman–Crippen MR) is 54.4 cm³/mol. The Morgan fingerprint density at radius 1 is 1.46 bits per heavy atom. The first kappa shape index (κ1) is 15.8. The third-order valence-corrected chi connectivity index (χ3v) is 2.08. The lowest BCUT2D eigenvalue weighted by Gasteiger charge is -2.14. The molecule has 1 N–H and O–H groups in total. The van der Waals surface area contributed by atoms with Gasteiger partial charge in [-0.15, -0.1) is 24.8 Å². The summed E-state index contributed by atoms with van der Waals surface area (Å²) >= 11 is 0. The molecule has 82 valence electrons. The molecule has 1 aliphatic rings. The van der Waals surface area contributed by atoms with Crippen molar-refractivity contribution >= 4 is 24.8 Å². The molecule has 0 amide bonds. The number of nitrogens with zero attached hydrogens (tertiary/aromatic N) is 1. The number of nitrogens with one attached hydrogen (secondary N) is 1. The molecule has 1 heterocycles. The summed E-state index contributed by atoms with van der Waals surface area (Å²) in [5, 5.41) is 3.08. The standard InChI is InChI=1S/C7H14F2N2.2ClH/c1-10-6-2-3-11(4-6)5-7(8)9;;/h6-7,10H,2-5H2,1H3;2*1H/t6-;;/m1../s1. The van der Waals surface area contributed by atoms with E-state index >= 15 is 0 Å². The van der Waals surface area contributed by atoms with E-state index in [-0.39, 0.29) is 31.4 Å². The van der Waals surface area contributed by atoms with Crippen LogP contribution in [0.1, 0.15) is 6.42 Å². The summed E-state index contributed by atoms with van der Waals surface area (Å²) in [7, 11) is 1.87. The summed E-state index contributed by atoms with van der Waals surface area (Å²) in [5.41, 5.74) is 0. The van der Waals surface area contributed by atoms with Crippen LogP contribution < -0.4 is 5.32 Å². The van der Waals surface area contributed by atoms with Gasteiger partial charge in [-0.2, -0.15) is 0 Å². The van der Waals surface area contributed by atoms with Gasteiger partial charge in [0.2, 0.25) is 0 Å². The van der Waals surface area contributed by atoms with E-state index in [2.05, 4.69) is 5.32 Å². The minimum absolute atomic E-state index is 0. The zero-order chi connectivity index (χ0) is 8.27. The van der Waals surface area contributed by atoms with Crippen molar-refractivity contribution in [2.24, 2.45) is 0 Å².